The van der Waals surface area contributed by atoms with Crippen LogP contribution in [0.4, 0.5) is 5.69 Å². The number of hydrogen-bond donors (Lipinski definition) is 1. The SMILES string of the molecule is Cc1cccc(OCc2c(C(=O)Nc3c(C)nn(Cc4c(C)nn(C)c4C)c3C)noc2C)c1. The molecule has 0 saturated carbocycles. The first-order chi connectivity index (χ1) is 16.2. The molecule has 34 heavy (non-hydrogen) atoms. The van der Waals surface area contributed by atoms with Gasteiger partial charge in [0, 0.05) is 18.3 Å². The van der Waals surface area contributed by atoms with E-state index in [9.17, 15) is 4.79 Å². The molecule has 1 N–H and O–H groups in total. The summed E-state index contributed by atoms with van der Waals surface area (Å²) in [5.74, 6) is 0.907. The van der Waals surface area contributed by atoms with Crippen LogP contribution in [-0.4, -0.2) is 30.6 Å². The lowest BCUT2D eigenvalue weighted by Gasteiger charge is -2.09. The molecule has 3 heterocycles. The minimum Gasteiger partial charge on any atom is -0.489 e. The Hall–Kier alpha value is -3.88. The average Bonchev–Trinajstić information content (AvgIpc) is 3.37. The van der Waals surface area contributed by atoms with Gasteiger partial charge < -0.3 is 14.6 Å². The summed E-state index contributed by atoms with van der Waals surface area (Å²) in [6.45, 7) is 12.4. The number of aryl methyl sites for hydroxylation is 5. The van der Waals surface area contributed by atoms with Crippen molar-refractivity contribution in [3.05, 3.63) is 75.2 Å². The van der Waals surface area contributed by atoms with Crippen LogP contribution < -0.4 is 10.1 Å². The fraction of sp³-hybridized carbons (Fsp3) is 0.360. The molecule has 1 amide bonds. The lowest BCUT2D eigenvalue weighted by molar-refractivity contribution is 0.101. The van der Waals surface area contributed by atoms with Crippen molar-refractivity contribution in [2.75, 3.05) is 5.32 Å². The summed E-state index contributed by atoms with van der Waals surface area (Å²) >= 11 is 0. The third kappa shape index (κ3) is 4.46. The van der Waals surface area contributed by atoms with Crippen molar-refractivity contribution in [3.63, 3.8) is 0 Å². The van der Waals surface area contributed by atoms with Gasteiger partial charge in [0.15, 0.2) is 5.69 Å². The van der Waals surface area contributed by atoms with Crippen LogP contribution >= 0.6 is 0 Å². The van der Waals surface area contributed by atoms with Crippen molar-refractivity contribution >= 4 is 11.6 Å². The summed E-state index contributed by atoms with van der Waals surface area (Å²) in [5.41, 5.74) is 7.33. The van der Waals surface area contributed by atoms with Crippen LogP contribution in [0.1, 0.15) is 55.7 Å². The van der Waals surface area contributed by atoms with E-state index in [0.29, 0.717) is 23.6 Å². The number of benzene rings is 1. The van der Waals surface area contributed by atoms with E-state index in [1.807, 2.05) is 75.3 Å². The van der Waals surface area contributed by atoms with Crippen LogP contribution in [0.5, 0.6) is 5.75 Å². The highest BCUT2D eigenvalue weighted by Crippen LogP contribution is 2.24. The zero-order valence-corrected chi connectivity index (χ0v) is 20.7. The van der Waals surface area contributed by atoms with Crippen LogP contribution in [-0.2, 0) is 20.2 Å². The van der Waals surface area contributed by atoms with Crippen LogP contribution in [0.25, 0.3) is 0 Å². The summed E-state index contributed by atoms with van der Waals surface area (Å²) in [6, 6.07) is 7.74. The van der Waals surface area contributed by atoms with Crippen molar-refractivity contribution in [1.82, 2.24) is 24.7 Å². The molecule has 0 aliphatic carbocycles. The Bertz CT molecular complexity index is 1360. The Morgan fingerprint density at radius 1 is 1.03 bits per heavy atom. The quantitative estimate of drug-likeness (QED) is 0.439. The van der Waals surface area contributed by atoms with Crippen LogP contribution in [0.2, 0.25) is 0 Å². The summed E-state index contributed by atoms with van der Waals surface area (Å²) in [7, 11) is 1.93. The van der Waals surface area contributed by atoms with E-state index in [-0.39, 0.29) is 18.2 Å². The number of nitrogens with zero attached hydrogens (tertiary/aromatic N) is 5. The van der Waals surface area contributed by atoms with Crippen molar-refractivity contribution < 1.29 is 14.1 Å². The van der Waals surface area contributed by atoms with E-state index in [1.54, 1.807) is 6.92 Å². The highest BCUT2D eigenvalue weighted by Gasteiger charge is 2.23. The minimum absolute atomic E-state index is 0.179. The van der Waals surface area contributed by atoms with Gasteiger partial charge in [-0.2, -0.15) is 10.2 Å². The van der Waals surface area contributed by atoms with Gasteiger partial charge in [0.25, 0.3) is 5.91 Å². The maximum atomic E-state index is 13.2. The van der Waals surface area contributed by atoms with Gasteiger partial charge >= 0.3 is 0 Å². The molecule has 0 radical (unpaired) electrons. The molecular weight excluding hydrogens is 432 g/mol. The minimum atomic E-state index is -0.362. The molecular formula is C25H30N6O3. The second kappa shape index (κ2) is 9.17. The van der Waals surface area contributed by atoms with Crippen LogP contribution in [0.3, 0.4) is 0 Å². The number of anilines is 1. The lowest BCUT2D eigenvalue weighted by atomic mass is 10.2. The number of carbonyl (C=O) groups is 1. The first kappa shape index (κ1) is 23.3. The lowest BCUT2D eigenvalue weighted by Crippen LogP contribution is -2.16. The number of amides is 1. The second-order valence-corrected chi connectivity index (χ2v) is 8.60. The number of ether oxygens (including phenoxy) is 1. The highest BCUT2D eigenvalue weighted by atomic mass is 16.5. The van der Waals surface area contributed by atoms with E-state index < -0.39 is 0 Å². The first-order valence-corrected chi connectivity index (χ1v) is 11.1. The number of hydrogen-bond acceptors (Lipinski definition) is 6. The molecule has 178 valence electrons. The van der Waals surface area contributed by atoms with Crippen molar-refractivity contribution in [2.24, 2.45) is 7.05 Å². The molecule has 3 aromatic heterocycles. The molecule has 0 fully saturated rings. The predicted octanol–water partition coefficient (Wildman–Crippen LogP) is 4.33. The molecule has 9 nitrogen and oxygen atoms in total. The molecule has 0 spiro atoms. The van der Waals surface area contributed by atoms with Crippen molar-refractivity contribution in [3.8, 4) is 5.75 Å². The Morgan fingerprint density at radius 2 is 1.79 bits per heavy atom. The monoisotopic (exact) mass is 462 g/mol. The third-order valence-electron chi connectivity index (χ3n) is 6.16. The van der Waals surface area contributed by atoms with Gasteiger partial charge in [-0.1, -0.05) is 17.3 Å². The zero-order valence-electron chi connectivity index (χ0n) is 20.7. The molecule has 0 unspecified atom stereocenters. The normalized spacial score (nSPS) is 11.1. The van der Waals surface area contributed by atoms with Crippen LogP contribution in [0, 0.1) is 41.5 Å². The number of nitrogens with one attached hydrogen (secondary N) is 1. The molecule has 0 aliphatic heterocycles. The van der Waals surface area contributed by atoms with E-state index in [4.69, 9.17) is 9.26 Å². The predicted molar refractivity (Wildman–Crippen MR) is 128 cm³/mol. The zero-order chi connectivity index (χ0) is 24.6. The maximum absolute atomic E-state index is 13.2. The van der Waals surface area contributed by atoms with Gasteiger partial charge in [0.2, 0.25) is 0 Å². The van der Waals surface area contributed by atoms with E-state index in [0.717, 1.165) is 39.7 Å². The summed E-state index contributed by atoms with van der Waals surface area (Å²) in [4.78, 5) is 13.2. The van der Waals surface area contributed by atoms with E-state index in [2.05, 4.69) is 20.7 Å². The summed E-state index contributed by atoms with van der Waals surface area (Å²) in [5, 5.41) is 16.1. The standard InChI is InChI=1S/C25H30N6O3/c1-14-9-8-10-20(11-14)33-13-22-19(6)34-29-24(22)25(32)26-23-16(3)28-31(18(23)5)12-21-15(2)27-30(7)17(21)4/h8-11H,12-13H2,1-7H3,(H,26,32). The third-order valence-corrected chi connectivity index (χ3v) is 6.16. The molecule has 1 aromatic carbocycles. The first-order valence-electron chi connectivity index (χ1n) is 11.1. The molecule has 0 atom stereocenters. The topological polar surface area (TPSA) is 100 Å². The Morgan fingerprint density at radius 3 is 2.47 bits per heavy atom. The molecule has 0 aliphatic rings. The Labute approximate surface area is 198 Å². The molecule has 0 bridgehead atoms. The fourth-order valence-electron chi connectivity index (χ4n) is 4.00. The molecule has 9 heteroatoms. The van der Waals surface area contributed by atoms with Gasteiger partial charge in [-0.15, -0.1) is 0 Å². The number of carbonyl (C=O) groups excluding carboxylic acids is 1. The molecule has 4 rings (SSSR count). The summed E-state index contributed by atoms with van der Waals surface area (Å²) < 4.78 is 15.0. The number of aromatic nitrogens is 5. The van der Waals surface area contributed by atoms with Crippen molar-refractivity contribution in [1.29, 1.82) is 0 Å². The second-order valence-electron chi connectivity index (χ2n) is 8.60. The van der Waals surface area contributed by atoms with E-state index >= 15 is 0 Å². The average molecular weight is 463 g/mol. The largest absolute Gasteiger partial charge is 0.489 e. The summed E-state index contributed by atoms with van der Waals surface area (Å²) in [6.07, 6.45) is 0. The number of rotatable bonds is 7. The highest BCUT2D eigenvalue weighted by molar-refractivity contribution is 6.04. The maximum Gasteiger partial charge on any atom is 0.278 e. The van der Waals surface area contributed by atoms with Gasteiger partial charge in [0.05, 0.1) is 34.9 Å². The Balaban J connectivity index is 1.53. The van der Waals surface area contributed by atoms with Gasteiger partial charge in [-0.05, 0) is 59.2 Å². The van der Waals surface area contributed by atoms with Gasteiger partial charge in [-0.25, -0.2) is 0 Å². The molecule has 4 aromatic rings. The fourth-order valence-corrected chi connectivity index (χ4v) is 4.00. The van der Waals surface area contributed by atoms with Crippen LogP contribution in [0.15, 0.2) is 28.8 Å². The van der Waals surface area contributed by atoms with Crippen molar-refractivity contribution in [2.45, 2.75) is 54.7 Å². The van der Waals surface area contributed by atoms with Gasteiger partial charge in [0.1, 0.15) is 18.1 Å². The van der Waals surface area contributed by atoms with E-state index in [1.165, 1.54) is 0 Å². The van der Waals surface area contributed by atoms with Gasteiger partial charge in [-0.3, -0.25) is 14.2 Å². The smallest absolute Gasteiger partial charge is 0.278 e. The Kier molecular flexibility index (Phi) is 6.28. The molecule has 0 saturated heterocycles.